The Bertz CT molecular complexity index is 733. The number of carbonyl (C=O) groups excluding carboxylic acids is 1. The summed E-state index contributed by atoms with van der Waals surface area (Å²) in [5.74, 6) is 1.42. The molecule has 1 aliphatic heterocycles. The van der Waals surface area contributed by atoms with Gasteiger partial charge in [0, 0.05) is 31.5 Å². The highest BCUT2D eigenvalue weighted by Gasteiger charge is 2.22. The number of amides is 1. The summed E-state index contributed by atoms with van der Waals surface area (Å²) < 4.78 is 0. The van der Waals surface area contributed by atoms with Gasteiger partial charge in [-0.3, -0.25) is 4.79 Å². The van der Waals surface area contributed by atoms with E-state index >= 15 is 0 Å². The van der Waals surface area contributed by atoms with Gasteiger partial charge in [0.2, 0.25) is 5.95 Å². The van der Waals surface area contributed by atoms with E-state index in [1.165, 1.54) is 18.4 Å². The number of carbonyl (C=O) groups is 1. The molecule has 0 unspecified atom stereocenters. The van der Waals surface area contributed by atoms with Crippen molar-refractivity contribution in [3.8, 4) is 0 Å². The van der Waals surface area contributed by atoms with Gasteiger partial charge in [0.15, 0.2) is 0 Å². The molecule has 1 amide bonds. The molecule has 2 heterocycles. The Kier molecular flexibility index (Phi) is 5.66. The summed E-state index contributed by atoms with van der Waals surface area (Å²) in [6.07, 6.45) is 11.4. The molecule has 2 fully saturated rings. The molecule has 2 aromatic rings. The summed E-state index contributed by atoms with van der Waals surface area (Å²) in [4.78, 5) is 23.5. The zero-order chi connectivity index (χ0) is 18.5. The van der Waals surface area contributed by atoms with Crippen molar-refractivity contribution in [1.82, 2.24) is 15.3 Å². The first kappa shape index (κ1) is 18.0. The SMILES string of the molecule is O=C(NC1CCCC1)c1cnc(N2CCC(Cc3ccccc3)CC2)nc1. The van der Waals surface area contributed by atoms with Gasteiger partial charge < -0.3 is 10.2 Å². The van der Waals surface area contributed by atoms with E-state index in [2.05, 4.69) is 50.5 Å². The molecule has 4 rings (SSSR count). The van der Waals surface area contributed by atoms with Crippen LogP contribution in [0.15, 0.2) is 42.7 Å². The molecule has 0 radical (unpaired) electrons. The van der Waals surface area contributed by atoms with Gasteiger partial charge in [0.05, 0.1) is 5.56 Å². The number of nitrogens with zero attached hydrogens (tertiary/aromatic N) is 3. The quantitative estimate of drug-likeness (QED) is 0.880. The number of nitrogens with one attached hydrogen (secondary N) is 1. The highest BCUT2D eigenvalue weighted by molar-refractivity contribution is 5.93. The topological polar surface area (TPSA) is 58.1 Å². The first-order valence-corrected chi connectivity index (χ1v) is 10.2. The minimum Gasteiger partial charge on any atom is -0.349 e. The van der Waals surface area contributed by atoms with Crippen molar-refractivity contribution in [2.45, 2.75) is 51.0 Å². The van der Waals surface area contributed by atoms with Crippen LogP contribution in [0.4, 0.5) is 5.95 Å². The van der Waals surface area contributed by atoms with Gasteiger partial charge in [0.1, 0.15) is 0 Å². The van der Waals surface area contributed by atoms with Gasteiger partial charge in [-0.1, -0.05) is 43.2 Å². The van der Waals surface area contributed by atoms with Gasteiger partial charge in [0.25, 0.3) is 5.91 Å². The molecule has 5 nitrogen and oxygen atoms in total. The normalized spacial score (nSPS) is 18.6. The van der Waals surface area contributed by atoms with Crippen molar-refractivity contribution in [2.75, 3.05) is 18.0 Å². The fourth-order valence-electron chi connectivity index (χ4n) is 4.23. The van der Waals surface area contributed by atoms with Gasteiger partial charge in [-0.15, -0.1) is 0 Å². The standard InChI is InChI=1S/C22H28N4O/c27-21(25-20-8-4-5-9-20)19-15-23-22(24-16-19)26-12-10-18(11-13-26)14-17-6-2-1-3-7-17/h1-3,6-7,15-16,18,20H,4-5,8-14H2,(H,25,27). The Morgan fingerprint density at radius 1 is 1.00 bits per heavy atom. The smallest absolute Gasteiger partial charge is 0.254 e. The van der Waals surface area contributed by atoms with E-state index in [1.54, 1.807) is 12.4 Å². The highest BCUT2D eigenvalue weighted by Crippen LogP contribution is 2.24. The predicted molar refractivity (Wildman–Crippen MR) is 107 cm³/mol. The molecule has 1 aliphatic carbocycles. The van der Waals surface area contributed by atoms with Crippen LogP contribution in [0, 0.1) is 5.92 Å². The van der Waals surface area contributed by atoms with Gasteiger partial charge in [-0.25, -0.2) is 9.97 Å². The number of benzene rings is 1. The first-order chi connectivity index (χ1) is 13.3. The summed E-state index contributed by atoms with van der Waals surface area (Å²) in [5, 5.41) is 3.09. The van der Waals surface area contributed by atoms with Gasteiger partial charge in [-0.05, 0) is 43.6 Å². The van der Waals surface area contributed by atoms with Crippen molar-refractivity contribution in [3.05, 3.63) is 53.9 Å². The molecule has 1 saturated heterocycles. The second kappa shape index (κ2) is 8.51. The minimum absolute atomic E-state index is 0.0463. The van der Waals surface area contributed by atoms with Crippen molar-refractivity contribution in [3.63, 3.8) is 0 Å². The van der Waals surface area contributed by atoms with Crippen LogP contribution in [0.3, 0.4) is 0 Å². The van der Waals surface area contributed by atoms with Crippen LogP contribution < -0.4 is 10.2 Å². The van der Waals surface area contributed by atoms with E-state index in [-0.39, 0.29) is 5.91 Å². The molecule has 0 atom stereocenters. The van der Waals surface area contributed by atoms with Crippen LogP contribution in [0.25, 0.3) is 0 Å². The second-order valence-corrected chi connectivity index (χ2v) is 7.85. The average molecular weight is 364 g/mol. The molecule has 2 aliphatic rings. The fraction of sp³-hybridized carbons (Fsp3) is 0.500. The molecule has 27 heavy (non-hydrogen) atoms. The zero-order valence-corrected chi connectivity index (χ0v) is 15.8. The molecule has 5 heteroatoms. The lowest BCUT2D eigenvalue weighted by molar-refractivity contribution is 0.0937. The Labute approximate surface area is 161 Å². The van der Waals surface area contributed by atoms with Crippen molar-refractivity contribution in [1.29, 1.82) is 0 Å². The summed E-state index contributed by atoms with van der Waals surface area (Å²) >= 11 is 0. The van der Waals surface area contributed by atoms with Crippen LogP contribution in [-0.2, 0) is 6.42 Å². The molecule has 0 spiro atoms. The van der Waals surface area contributed by atoms with E-state index in [0.29, 0.717) is 11.6 Å². The molecule has 1 N–H and O–H groups in total. The first-order valence-electron chi connectivity index (χ1n) is 10.2. The predicted octanol–water partition coefficient (Wildman–Crippen LogP) is 3.61. The van der Waals surface area contributed by atoms with Crippen molar-refractivity contribution >= 4 is 11.9 Å². The third kappa shape index (κ3) is 4.65. The van der Waals surface area contributed by atoms with Crippen LogP contribution in [0.1, 0.15) is 54.4 Å². The summed E-state index contributed by atoms with van der Waals surface area (Å²) in [5.41, 5.74) is 1.98. The average Bonchev–Trinajstić information content (AvgIpc) is 3.22. The highest BCUT2D eigenvalue weighted by atomic mass is 16.1. The Balaban J connectivity index is 1.29. The molecule has 142 valence electrons. The van der Waals surface area contributed by atoms with Crippen LogP contribution in [-0.4, -0.2) is 35.0 Å². The van der Waals surface area contributed by atoms with Gasteiger partial charge >= 0.3 is 0 Å². The number of aromatic nitrogens is 2. The maximum absolute atomic E-state index is 12.3. The summed E-state index contributed by atoms with van der Waals surface area (Å²) in [6, 6.07) is 11.0. The summed E-state index contributed by atoms with van der Waals surface area (Å²) in [7, 11) is 0. The number of piperidine rings is 1. The lowest BCUT2D eigenvalue weighted by Gasteiger charge is -2.32. The number of anilines is 1. The Hall–Kier alpha value is -2.43. The van der Waals surface area contributed by atoms with Crippen molar-refractivity contribution in [2.24, 2.45) is 5.92 Å². The largest absolute Gasteiger partial charge is 0.349 e. The molecule has 0 bridgehead atoms. The van der Waals surface area contributed by atoms with Crippen molar-refractivity contribution < 1.29 is 4.79 Å². The number of hydrogen-bond acceptors (Lipinski definition) is 4. The Morgan fingerprint density at radius 3 is 2.33 bits per heavy atom. The second-order valence-electron chi connectivity index (χ2n) is 7.85. The van der Waals surface area contributed by atoms with E-state index in [0.717, 1.165) is 57.1 Å². The van der Waals surface area contributed by atoms with E-state index in [1.807, 2.05) is 0 Å². The van der Waals surface area contributed by atoms with Crippen LogP contribution in [0.5, 0.6) is 0 Å². The third-order valence-corrected chi connectivity index (χ3v) is 5.86. The fourth-order valence-corrected chi connectivity index (χ4v) is 4.23. The Morgan fingerprint density at radius 2 is 1.67 bits per heavy atom. The van der Waals surface area contributed by atoms with E-state index in [9.17, 15) is 4.79 Å². The molecule has 1 aromatic heterocycles. The molecule has 1 aromatic carbocycles. The zero-order valence-electron chi connectivity index (χ0n) is 15.8. The minimum atomic E-state index is -0.0463. The number of rotatable bonds is 5. The maximum Gasteiger partial charge on any atom is 0.254 e. The van der Waals surface area contributed by atoms with Gasteiger partial charge in [-0.2, -0.15) is 0 Å². The molecule has 1 saturated carbocycles. The van der Waals surface area contributed by atoms with E-state index in [4.69, 9.17) is 0 Å². The van der Waals surface area contributed by atoms with Crippen LogP contribution >= 0.6 is 0 Å². The monoisotopic (exact) mass is 364 g/mol. The number of hydrogen-bond donors (Lipinski definition) is 1. The van der Waals surface area contributed by atoms with Crippen LogP contribution in [0.2, 0.25) is 0 Å². The third-order valence-electron chi connectivity index (χ3n) is 5.86. The molecular weight excluding hydrogens is 336 g/mol. The maximum atomic E-state index is 12.3. The lowest BCUT2D eigenvalue weighted by atomic mass is 9.90. The summed E-state index contributed by atoms with van der Waals surface area (Å²) in [6.45, 7) is 1.95. The molecular formula is C22H28N4O. The lowest BCUT2D eigenvalue weighted by Crippen LogP contribution is -2.36. The van der Waals surface area contributed by atoms with E-state index < -0.39 is 0 Å².